The van der Waals surface area contributed by atoms with E-state index in [2.05, 4.69) is 11.1 Å². The maximum absolute atomic E-state index is 12.9. The van der Waals surface area contributed by atoms with Gasteiger partial charge in [0.05, 0.1) is 26.9 Å². The number of hydrogen-bond acceptors (Lipinski definition) is 4. The molecule has 4 nitrogen and oxygen atoms in total. The Balaban J connectivity index is 1.81. The van der Waals surface area contributed by atoms with E-state index >= 15 is 0 Å². The van der Waals surface area contributed by atoms with Crippen molar-refractivity contribution in [2.75, 3.05) is 0 Å². The summed E-state index contributed by atoms with van der Waals surface area (Å²) in [5, 5.41) is 10.8. The Labute approximate surface area is 171 Å². The Bertz CT molecular complexity index is 1250. The van der Waals surface area contributed by atoms with Crippen LogP contribution in [0.2, 0.25) is 5.02 Å². The third-order valence-electron chi connectivity index (χ3n) is 4.65. The largest absolute Gasteiger partial charge is 0.293 e. The van der Waals surface area contributed by atoms with Gasteiger partial charge in [-0.1, -0.05) is 35.5 Å². The molecule has 0 N–H and O–H groups in total. The van der Waals surface area contributed by atoms with Gasteiger partial charge in [0.15, 0.2) is 11.4 Å². The third kappa shape index (κ3) is 3.15. The van der Waals surface area contributed by atoms with Crippen LogP contribution in [0, 0.1) is 18.3 Å². The number of nitriles is 1. The molecular weight excluding hydrogens is 390 g/mol. The van der Waals surface area contributed by atoms with E-state index in [1.165, 1.54) is 11.8 Å². The number of Topliss-reactive ketones (excluding diaryl/α,β-unsaturated/α-hetero) is 1. The first-order valence-corrected chi connectivity index (χ1v) is 10.0. The zero-order chi connectivity index (χ0) is 19.8. The standard InChI is InChI=1S/C22H16ClN3OS/c1-13-11-20(28-14(2)21(27)15-7-9-16(23)10-8-15)26-19-6-4-3-5-18(19)25-22(26)17(13)12-24/h3-11,14H,1-2H3/t14-/m1/s1. The Hall–Kier alpha value is -2.81. The van der Waals surface area contributed by atoms with E-state index in [9.17, 15) is 10.1 Å². The monoisotopic (exact) mass is 405 g/mol. The summed E-state index contributed by atoms with van der Waals surface area (Å²) in [5.74, 6) is 0.0289. The first kappa shape index (κ1) is 18.5. The van der Waals surface area contributed by atoms with Crippen LogP contribution in [0.15, 0.2) is 59.6 Å². The maximum Gasteiger partial charge on any atom is 0.175 e. The summed E-state index contributed by atoms with van der Waals surface area (Å²) in [5.41, 5.74) is 4.39. The van der Waals surface area contributed by atoms with Crippen molar-refractivity contribution in [2.45, 2.75) is 24.1 Å². The zero-order valence-corrected chi connectivity index (χ0v) is 16.9. The lowest BCUT2D eigenvalue weighted by molar-refractivity contribution is 0.0994. The van der Waals surface area contributed by atoms with Crippen molar-refractivity contribution in [2.24, 2.45) is 0 Å². The number of halogens is 1. The predicted molar refractivity (Wildman–Crippen MR) is 113 cm³/mol. The third-order valence-corrected chi connectivity index (χ3v) is 6.01. The van der Waals surface area contributed by atoms with E-state index < -0.39 is 0 Å². The molecule has 0 radical (unpaired) electrons. The first-order valence-electron chi connectivity index (χ1n) is 8.77. The number of thioether (sulfide) groups is 1. The molecule has 2 aromatic heterocycles. The Morgan fingerprint density at radius 1 is 1.21 bits per heavy atom. The topological polar surface area (TPSA) is 58.2 Å². The molecular formula is C22H16ClN3OS. The lowest BCUT2D eigenvalue weighted by Gasteiger charge is -2.14. The molecule has 4 rings (SSSR count). The number of pyridine rings is 1. The number of imidazole rings is 1. The number of hydrogen-bond donors (Lipinski definition) is 0. The van der Waals surface area contributed by atoms with E-state index in [1.807, 2.05) is 48.6 Å². The van der Waals surface area contributed by atoms with E-state index in [4.69, 9.17) is 11.6 Å². The van der Waals surface area contributed by atoms with E-state index in [0.29, 0.717) is 21.8 Å². The second kappa shape index (κ2) is 7.31. The molecule has 28 heavy (non-hydrogen) atoms. The van der Waals surface area contributed by atoms with Crippen LogP contribution < -0.4 is 0 Å². The number of aromatic nitrogens is 2. The van der Waals surface area contributed by atoms with Crippen molar-refractivity contribution < 1.29 is 4.79 Å². The van der Waals surface area contributed by atoms with Crippen LogP contribution in [0.4, 0.5) is 0 Å². The molecule has 0 saturated heterocycles. The highest BCUT2D eigenvalue weighted by Gasteiger charge is 2.21. The molecule has 0 fully saturated rings. The minimum Gasteiger partial charge on any atom is -0.293 e. The minimum atomic E-state index is -0.308. The molecule has 0 aliphatic heterocycles. The average Bonchev–Trinajstić information content (AvgIpc) is 3.07. The van der Waals surface area contributed by atoms with Crippen molar-refractivity contribution in [1.82, 2.24) is 9.38 Å². The van der Waals surface area contributed by atoms with Gasteiger partial charge in [0.1, 0.15) is 6.07 Å². The van der Waals surface area contributed by atoms with E-state index in [1.54, 1.807) is 24.3 Å². The summed E-state index contributed by atoms with van der Waals surface area (Å²) in [6, 6.07) is 18.9. The van der Waals surface area contributed by atoms with Gasteiger partial charge in [-0.3, -0.25) is 9.20 Å². The van der Waals surface area contributed by atoms with Gasteiger partial charge in [0, 0.05) is 10.6 Å². The van der Waals surface area contributed by atoms with Crippen molar-refractivity contribution in [3.63, 3.8) is 0 Å². The molecule has 138 valence electrons. The maximum atomic E-state index is 12.9. The first-order chi connectivity index (χ1) is 13.5. The van der Waals surface area contributed by atoms with Gasteiger partial charge in [-0.25, -0.2) is 4.98 Å². The van der Waals surface area contributed by atoms with Gasteiger partial charge >= 0.3 is 0 Å². The quantitative estimate of drug-likeness (QED) is 0.323. The fourth-order valence-electron chi connectivity index (χ4n) is 3.22. The molecule has 2 aromatic carbocycles. The zero-order valence-electron chi connectivity index (χ0n) is 15.3. The Morgan fingerprint density at radius 2 is 1.93 bits per heavy atom. The van der Waals surface area contributed by atoms with Crippen LogP contribution in [0.25, 0.3) is 16.7 Å². The molecule has 0 spiro atoms. The van der Waals surface area contributed by atoms with Gasteiger partial charge in [-0.2, -0.15) is 5.26 Å². The number of fused-ring (bicyclic) bond motifs is 3. The molecule has 1 atom stereocenters. The second-order valence-electron chi connectivity index (χ2n) is 6.54. The second-order valence-corrected chi connectivity index (χ2v) is 8.34. The summed E-state index contributed by atoms with van der Waals surface area (Å²) < 4.78 is 1.97. The average molecular weight is 406 g/mol. The number of aryl methyl sites for hydroxylation is 1. The van der Waals surface area contributed by atoms with Gasteiger partial charge in [0.2, 0.25) is 0 Å². The fourth-order valence-corrected chi connectivity index (χ4v) is 4.49. The number of ketones is 1. The van der Waals surface area contributed by atoms with Gasteiger partial charge in [0.25, 0.3) is 0 Å². The van der Waals surface area contributed by atoms with Crippen LogP contribution in [0.1, 0.15) is 28.4 Å². The normalized spacial score (nSPS) is 12.2. The number of rotatable bonds is 4. The fraction of sp³-hybridized carbons (Fsp3) is 0.136. The summed E-state index contributed by atoms with van der Waals surface area (Å²) in [7, 11) is 0. The molecule has 0 aliphatic carbocycles. The van der Waals surface area contributed by atoms with Crippen molar-refractivity contribution in [1.29, 1.82) is 5.26 Å². The highest BCUT2D eigenvalue weighted by Crippen LogP contribution is 2.32. The Morgan fingerprint density at radius 3 is 2.64 bits per heavy atom. The summed E-state index contributed by atoms with van der Waals surface area (Å²) in [6.07, 6.45) is 0. The molecule has 0 amide bonds. The van der Waals surface area contributed by atoms with Crippen LogP contribution in [-0.2, 0) is 0 Å². The SMILES string of the molecule is Cc1cc(S[C@H](C)C(=O)c2ccc(Cl)cc2)n2c(nc3ccccc32)c1C#N. The van der Waals surface area contributed by atoms with Crippen LogP contribution >= 0.6 is 23.4 Å². The van der Waals surface area contributed by atoms with Crippen LogP contribution in [-0.4, -0.2) is 20.4 Å². The van der Waals surface area contributed by atoms with Gasteiger partial charge in [-0.15, -0.1) is 0 Å². The van der Waals surface area contributed by atoms with E-state index in [0.717, 1.165) is 21.6 Å². The minimum absolute atomic E-state index is 0.0289. The number of benzene rings is 2. The van der Waals surface area contributed by atoms with Crippen molar-refractivity contribution in [3.05, 3.63) is 76.3 Å². The summed E-state index contributed by atoms with van der Waals surface area (Å²) in [4.78, 5) is 17.5. The molecule has 6 heteroatoms. The number of nitrogens with zero attached hydrogens (tertiary/aromatic N) is 3. The predicted octanol–water partition coefficient (Wildman–Crippen LogP) is 5.68. The van der Waals surface area contributed by atoms with Crippen molar-refractivity contribution in [3.8, 4) is 6.07 Å². The summed E-state index contributed by atoms with van der Waals surface area (Å²) >= 11 is 7.39. The highest BCUT2D eigenvalue weighted by atomic mass is 35.5. The van der Waals surface area contributed by atoms with Crippen LogP contribution in [0.5, 0.6) is 0 Å². The molecule has 4 aromatic rings. The molecule has 0 aliphatic rings. The van der Waals surface area contributed by atoms with E-state index in [-0.39, 0.29) is 11.0 Å². The lowest BCUT2D eigenvalue weighted by atomic mass is 10.1. The smallest absolute Gasteiger partial charge is 0.175 e. The molecule has 0 bridgehead atoms. The highest BCUT2D eigenvalue weighted by molar-refractivity contribution is 8.00. The molecule has 0 unspecified atom stereocenters. The Kier molecular flexibility index (Phi) is 4.84. The van der Waals surface area contributed by atoms with Gasteiger partial charge < -0.3 is 0 Å². The number of carbonyl (C=O) groups excluding carboxylic acids is 1. The van der Waals surface area contributed by atoms with Gasteiger partial charge in [-0.05, 0) is 61.9 Å². The lowest BCUT2D eigenvalue weighted by Crippen LogP contribution is -2.14. The number of carbonyl (C=O) groups is 1. The number of para-hydroxylation sites is 2. The molecule has 2 heterocycles. The summed E-state index contributed by atoms with van der Waals surface area (Å²) in [6.45, 7) is 3.79. The van der Waals surface area contributed by atoms with Crippen molar-refractivity contribution >= 4 is 45.8 Å². The molecule has 0 saturated carbocycles. The van der Waals surface area contributed by atoms with Crippen LogP contribution in [0.3, 0.4) is 0 Å².